The molecule has 1 N–H and O–H groups in total. The van der Waals surface area contributed by atoms with Crippen molar-refractivity contribution in [3.63, 3.8) is 0 Å². The van der Waals surface area contributed by atoms with Gasteiger partial charge in [-0.25, -0.2) is 14.4 Å². The summed E-state index contributed by atoms with van der Waals surface area (Å²) < 4.78 is 14.7. The molecule has 0 aromatic heterocycles. The van der Waals surface area contributed by atoms with Gasteiger partial charge in [-0.2, -0.15) is 0 Å². The van der Waals surface area contributed by atoms with E-state index in [2.05, 4.69) is 18.5 Å². The lowest BCUT2D eigenvalue weighted by Gasteiger charge is -2.18. The Morgan fingerprint density at radius 2 is 1.86 bits per heavy atom. The van der Waals surface area contributed by atoms with Crippen LogP contribution >= 0.6 is 0 Å². The van der Waals surface area contributed by atoms with Gasteiger partial charge in [-0.05, 0) is 13.3 Å². The molecule has 1 unspecified atom stereocenters. The van der Waals surface area contributed by atoms with E-state index in [9.17, 15) is 14.4 Å². The predicted octanol–water partition coefficient (Wildman–Crippen LogP) is 1.73. The Balaban J connectivity index is 4.40. The Kier molecular flexibility index (Phi) is 10.2. The summed E-state index contributed by atoms with van der Waals surface area (Å²) in [4.78, 5) is 33.9. The van der Waals surface area contributed by atoms with Gasteiger partial charge in [0.25, 0.3) is 0 Å². The molecule has 1 amide bonds. The third-order valence-electron chi connectivity index (χ3n) is 2.40. The first kappa shape index (κ1) is 19.7. The molecule has 0 bridgehead atoms. The predicted molar refractivity (Wildman–Crippen MR) is 80.1 cm³/mol. The van der Waals surface area contributed by atoms with Crippen LogP contribution in [0.15, 0.2) is 24.8 Å². The Hall–Kier alpha value is -2.31. The maximum atomic E-state index is 11.6. The number of ether oxygens (including phenoxy) is 3. The van der Waals surface area contributed by atoms with Crippen LogP contribution in [0.2, 0.25) is 0 Å². The molecule has 0 aromatic carbocycles. The van der Waals surface area contributed by atoms with Gasteiger partial charge < -0.3 is 19.5 Å². The van der Waals surface area contributed by atoms with Gasteiger partial charge in [0.15, 0.2) is 6.10 Å². The number of esters is 2. The maximum Gasteiger partial charge on any atom is 0.407 e. The highest BCUT2D eigenvalue weighted by atomic mass is 16.6. The van der Waals surface area contributed by atoms with Crippen molar-refractivity contribution in [3.05, 3.63) is 24.8 Å². The number of unbranched alkanes of at least 4 members (excludes halogenated alkanes) is 1. The fourth-order valence-electron chi connectivity index (χ4n) is 1.20. The van der Waals surface area contributed by atoms with E-state index in [1.807, 2.05) is 6.92 Å². The van der Waals surface area contributed by atoms with Gasteiger partial charge in [0.1, 0.15) is 13.2 Å². The summed E-state index contributed by atoms with van der Waals surface area (Å²) in [5.41, 5.74) is 0.217. The number of carbonyl (C=O) groups is 3. The van der Waals surface area contributed by atoms with Crippen molar-refractivity contribution in [1.29, 1.82) is 0 Å². The van der Waals surface area contributed by atoms with Crippen LogP contribution in [-0.2, 0) is 23.8 Å². The van der Waals surface area contributed by atoms with E-state index in [1.165, 1.54) is 6.92 Å². The zero-order chi connectivity index (χ0) is 17.0. The van der Waals surface area contributed by atoms with Gasteiger partial charge in [0, 0.05) is 18.2 Å². The van der Waals surface area contributed by atoms with Crippen LogP contribution in [0, 0.1) is 0 Å². The molecular formula is C15H23NO6. The van der Waals surface area contributed by atoms with E-state index < -0.39 is 24.1 Å². The molecule has 7 heteroatoms. The van der Waals surface area contributed by atoms with Crippen LogP contribution in [0.4, 0.5) is 4.79 Å². The van der Waals surface area contributed by atoms with Gasteiger partial charge in [0.2, 0.25) is 0 Å². The topological polar surface area (TPSA) is 90.9 Å². The van der Waals surface area contributed by atoms with Crippen molar-refractivity contribution in [3.8, 4) is 0 Å². The quantitative estimate of drug-likeness (QED) is 0.286. The molecule has 0 aliphatic rings. The van der Waals surface area contributed by atoms with Crippen LogP contribution in [0.25, 0.3) is 0 Å². The molecule has 0 saturated heterocycles. The molecule has 0 fully saturated rings. The number of rotatable bonds is 10. The van der Waals surface area contributed by atoms with E-state index in [4.69, 9.17) is 14.2 Å². The van der Waals surface area contributed by atoms with E-state index >= 15 is 0 Å². The van der Waals surface area contributed by atoms with Crippen molar-refractivity contribution in [2.24, 2.45) is 0 Å². The standard InChI is InChI=1S/C15H23NO6/c1-5-7-8-16-15(19)22-12(9-20-13(17)6-2)10-21-14(18)11(3)4/h6,12H,2-3,5,7-10H2,1,4H3,(H,16,19). The molecule has 7 nitrogen and oxygen atoms in total. The highest BCUT2D eigenvalue weighted by Crippen LogP contribution is 2.00. The summed E-state index contributed by atoms with van der Waals surface area (Å²) in [6, 6.07) is 0. The van der Waals surface area contributed by atoms with Gasteiger partial charge in [-0.1, -0.05) is 26.5 Å². The SMILES string of the molecule is C=CC(=O)OCC(COC(=O)C(=C)C)OC(=O)NCCCC. The molecular weight excluding hydrogens is 290 g/mol. The monoisotopic (exact) mass is 313 g/mol. The minimum absolute atomic E-state index is 0.217. The summed E-state index contributed by atoms with van der Waals surface area (Å²) >= 11 is 0. The summed E-state index contributed by atoms with van der Waals surface area (Å²) in [5.74, 6) is -1.28. The largest absolute Gasteiger partial charge is 0.458 e. The van der Waals surface area contributed by atoms with E-state index in [0.29, 0.717) is 6.54 Å². The van der Waals surface area contributed by atoms with Gasteiger partial charge in [-0.3, -0.25) is 0 Å². The lowest BCUT2D eigenvalue weighted by molar-refractivity contribution is -0.147. The van der Waals surface area contributed by atoms with Crippen LogP contribution in [0.3, 0.4) is 0 Å². The van der Waals surface area contributed by atoms with Crippen LogP contribution in [0.5, 0.6) is 0 Å². The van der Waals surface area contributed by atoms with Crippen LogP contribution in [-0.4, -0.2) is 43.9 Å². The molecule has 0 spiro atoms. The van der Waals surface area contributed by atoms with Crippen molar-refractivity contribution in [2.45, 2.75) is 32.8 Å². The molecule has 0 radical (unpaired) electrons. The second-order valence-electron chi connectivity index (χ2n) is 4.52. The fourth-order valence-corrected chi connectivity index (χ4v) is 1.20. The third-order valence-corrected chi connectivity index (χ3v) is 2.40. The Bertz CT molecular complexity index is 418. The normalized spacial score (nSPS) is 11.0. The Morgan fingerprint density at radius 3 is 2.41 bits per heavy atom. The van der Waals surface area contributed by atoms with E-state index in [0.717, 1.165) is 18.9 Å². The maximum absolute atomic E-state index is 11.6. The molecule has 0 rings (SSSR count). The molecule has 0 aromatic rings. The van der Waals surface area contributed by atoms with Crippen LogP contribution < -0.4 is 5.32 Å². The minimum atomic E-state index is -0.908. The number of carbonyl (C=O) groups excluding carboxylic acids is 3. The lowest BCUT2D eigenvalue weighted by atomic mass is 10.3. The Morgan fingerprint density at radius 1 is 1.23 bits per heavy atom. The molecule has 1 atom stereocenters. The molecule has 0 heterocycles. The average Bonchev–Trinajstić information content (AvgIpc) is 2.49. The molecule has 0 aliphatic heterocycles. The number of hydrogen-bond donors (Lipinski definition) is 1. The molecule has 22 heavy (non-hydrogen) atoms. The highest BCUT2D eigenvalue weighted by molar-refractivity contribution is 5.87. The summed E-state index contributed by atoms with van der Waals surface area (Å²) in [5, 5.41) is 2.55. The second kappa shape index (κ2) is 11.4. The first-order chi connectivity index (χ1) is 10.4. The summed E-state index contributed by atoms with van der Waals surface area (Å²) in [6.07, 6.45) is 1.15. The first-order valence-corrected chi connectivity index (χ1v) is 6.97. The van der Waals surface area contributed by atoms with Gasteiger partial charge >= 0.3 is 18.0 Å². The second-order valence-corrected chi connectivity index (χ2v) is 4.52. The number of nitrogens with one attached hydrogen (secondary N) is 1. The summed E-state index contributed by atoms with van der Waals surface area (Å²) in [7, 11) is 0. The van der Waals surface area contributed by atoms with Gasteiger partial charge in [0.05, 0.1) is 0 Å². The van der Waals surface area contributed by atoms with E-state index in [-0.39, 0.29) is 18.8 Å². The summed E-state index contributed by atoms with van der Waals surface area (Å²) in [6.45, 7) is 10.2. The zero-order valence-corrected chi connectivity index (χ0v) is 13.1. The van der Waals surface area contributed by atoms with Crippen molar-refractivity contribution in [2.75, 3.05) is 19.8 Å². The molecule has 0 aliphatic carbocycles. The zero-order valence-electron chi connectivity index (χ0n) is 13.1. The Labute approximate surface area is 130 Å². The van der Waals surface area contributed by atoms with Crippen LogP contribution in [0.1, 0.15) is 26.7 Å². The van der Waals surface area contributed by atoms with E-state index in [1.54, 1.807) is 0 Å². The lowest BCUT2D eigenvalue weighted by Crippen LogP contribution is -2.35. The number of hydrogen-bond acceptors (Lipinski definition) is 6. The number of alkyl carbamates (subject to hydrolysis) is 1. The molecule has 124 valence electrons. The smallest absolute Gasteiger partial charge is 0.407 e. The average molecular weight is 313 g/mol. The minimum Gasteiger partial charge on any atom is -0.458 e. The van der Waals surface area contributed by atoms with Gasteiger partial charge in [-0.15, -0.1) is 0 Å². The fraction of sp³-hybridized carbons (Fsp3) is 0.533. The molecule has 0 saturated carbocycles. The highest BCUT2D eigenvalue weighted by Gasteiger charge is 2.19. The number of amides is 1. The third kappa shape index (κ3) is 9.57. The first-order valence-electron chi connectivity index (χ1n) is 6.97. The van der Waals surface area contributed by atoms with Crippen molar-refractivity contribution in [1.82, 2.24) is 5.32 Å². The van der Waals surface area contributed by atoms with Crippen molar-refractivity contribution < 1.29 is 28.6 Å². The van der Waals surface area contributed by atoms with Crippen molar-refractivity contribution >= 4 is 18.0 Å².